The molecule has 4 rings (SSSR count). The van der Waals surface area contributed by atoms with Crippen molar-refractivity contribution in [2.75, 3.05) is 5.32 Å². The minimum atomic E-state index is -0.319. The van der Waals surface area contributed by atoms with E-state index in [9.17, 15) is 4.79 Å². The Morgan fingerprint density at radius 2 is 1.93 bits per heavy atom. The number of aromatic nitrogens is 1. The summed E-state index contributed by atoms with van der Waals surface area (Å²) in [5, 5.41) is 6.74. The van der Waals surface area contributed by atoms with Crippen LogP contribution < -0.4 is 5.32 Å². The van der Waals surface area contributed by atoms with Crippen molar-refractivity contribution < 1.29 is 9.21 Å². The Morgan fingerprint density at radius 3 is 2.70 bits per heavy atom. The van der Waals surface area contributed by atoms with Crippen molar-refractivity contribution in [2.45, 2.75) is 20.8 Å². The van der Waals surface area contributed by atoms with Gasteiger partial charge in [-0.2, -0.15) is 0 Å². The highest BCUT2D eigenvalue weighted by molar-refractivity contribution is 7.14. The zero-order chi connectivity index (χ0) is 19.1. The topological polar surface area (TPSA) is 55.1 Å². The van der Waals surface area contributed by atoms with Gasteiger partial charge in [0, 0.05) is 26.9 Å². The normalized spacial score (nSPS) is 11.1. The fourth-order valence-corrected chi connectivity index (χ4v) is 3.81. The van der Waals surface area contributed by atoms with Gasteiger partial charge in [-0.3, -0.25) is 10.1 Å². The lowest BCUT2D eigenvalue weighted by atomic mass is 10.1. The summed E-state index contributed by atoms with van der Waals surface area (Å²) in [6, 6.07) is 11.5. The van der Waals surface area contributed by atoms with Gasteiger partial charge in [-0.05, 0) is 56.2 Å². The molecule has 1 N–H and O–H groups in total. The summed E-state index contributed by atoms with van der Waals surface area (Å²) in [4.78, 5) is 17.2. The molecule has 0 radical (unpaired) electrons. The zero-order valence-corrected chi connectivity index (χ0v) is 16.7. The predicted molar refractivity (Wildman–Crippen MR) is 111 cm³/mol. The Morgan fingerprint density at radius 1 is 1.11 bits per heavy atom. The third-order valence-corrected chi connectivity index (χ3v) is 5.62. The smallest absolute Gasteiger partial charge is 0.293 e. The summed E-state index contributed by atoms with van der Waals surface area (Å²) in [6.07, 6.45) is 0. The second-order valence-electron chi connectivity index (χ2n) is 6.49. The highest BCUT2D eigenvalue weighted by Crippen LogP contribution is 2.30. The van der Waals surface area contributed by atoms with Crippen molar-refractivity contribution in [2.24, 2.45) is 0 Å². The number of carbonyl (C=O) groups is 1. The van der Waals surface area contributed by atoms with E-state index in [0.717, 1.165) is 22.2 Å². The number of halogens is 1. The third kappa shape index (κ3) is 3.36. The number of amides is 1. The SMILES string of the molecule is Cc1ccc(-c2csc(NC(=O)c3oc4ccc(Cl)cc4c3C)n2)cc1C. The van der Waals surface area contributed by atoms with E-state index in [1.54, 1.807) is 18.2 Å². The van der Waals surface area contributed by atoms with Gasteiger partial charge in [0.25, 0.3) is 5.91 Å². The van der Waals surface area contributed by atoms with Crippen LogP contribution in [0.5, 0.6) is 0 Å². The molecule has 0 atom stereocenters. The molecule has 2 aromatic carbocycles. The van der Waals surface area contributed by atoms with Crippen LogP contribution in [0.4, 0.5) is 5.13 Å². The van der Waals surface area contributed by atoms with E-state index in [4.69, 9.17) is 16.0 Å². The van der Waals surface area contributed by atoms with Crippen LogP contribution in [0.15, 0.2) is 46.2 Å². The molecule has 0 spiro atoms. The van der Waals surface area contributed by atoms with Crippen molar-refractivity contribution in [1.82, 2.24) is 4.98 Å². The highest BCUT2D eigenvalue weighted by Gasteiger charge is 2.19. The van der Waals surface area contributed by atoms with Crippen molar-refractivity contribution in [3.8, 4) is 11.3 Å². The first-order chi connectivity index (χ1) is 12.9. The lowest BCUT2D eigenvalue weighted by Gasteiger charge is -2.02. The minimum absolute atomic E-state index is 0.273. The number of hydrogen-bond donors (Lipinski definition) is 1. The molecule has 0 aliphatic heterocycles. The van der Waals surface area contributed by atoms with Crippen LogP contribution in [-0.2, 0) is 0 Å². The summed E-state index contributed by atoms with van der Waals surface area (Å²) in [6.45, 7) is 6.00. The van der Waals surface area contributed by atoms with Gasteiger partial charge in [-0.15, -0.1) is 11.3 Å². The Balaban J connectivity index is 1.59. The van der Waals surface area contributed by atoms with Gasteiger partial charge in [0.1, 0.15) is 5.58 Å². The van der Waals surface area contributed by atoms with Crippen molar-refractivity contribution >= 4 is 44.9 Å². The van der Waals surface area contributed by atoms with Gasteiger partial charge in [0.05, 0.1) is 5.69 Å². The van der Waals surface area contributed by atoms with E-state index >= 15 is 0 Å². The Labute approximate surface area is 165 Å². The average molecular weight is 397 g/mol. The lowest BCUT2D eigenvalue weighted by molar-refractivity contribution is 0.0998. The average Bonchev–Trinajstić information content (AvgIpc) is 3.22. The molecule has 4 nitrogen and oxygen atoms in total. The monoisotopic (exact) mass is 396 g/mol. The number of rotatable bonds is 3. The quantitative estimate of drug-likeness (QED) is 0.436. The number of thiazole rings is 1. The molecule has 1 amide bonds. The Bertz CT molecular complexity index is 1180. The number of nitrogens with zero attached hydrogens (tertiary/aromatic N) is 1. The molecule has 0 fully saturated rings. The summed E-state index contributed by atoms with van der Waals surface area (Å²) in [7, 11) is 0. The summed E-state index contributed by atoms with van der Waals surface area (Å²) in [5.41, 5.74) is 5.72. The zero-order valence-electron chi connectivity index (χ0n) is 15.1. The predicted octanol–water partition coefficient (Wildman–Crippen LogP) is 6.39. The van der Waals surface area contributed by atoms with Crippen LogP contribution in [0.3, 0.4) is 0 Å². The maximum absolute atomic E-state index is 12.7. The van der Waals surface area contributed by atoms with Crippen LogP contribution in [0.2, 0.25) is 5.02 Å². The second-order valence-corrected chi connectivity index (χ2v) is 7.78. The number of anilines is 1. The largest absolute Gasteiger partial charge is 0.451 e. The number of furan rings is 1. The maximum Gasteiger partial charge on any atom is 0.293 e. The first-order valence-electron chi connectivity index (χ1n) is 8.45. The van der Waals surface area contributed by atoms with E-state index in [1.807, 2.05) is 18.4 Å². The first-order valence-corrected chi connectivity index (χ1v) is 9.71. The van der Waals surface area contributed by atoms with E-state index in [2.05, 4.69) is 36.3 Å². The van der Waals surface area contributed by atoms with E-state index in [1.165, 1.54) is 22.5 Å². The first kappa shape index (κ1) is 17.8. The second kappa shape index (κ2) is 6.83. The summed E-state index contributed by atoms with van der Waals surface area (Å²) < 4.78 is 5.71. The molecule has 4 aromatic rings. The number of fused-ring (bicyclic) bond motifs is 1. The number of nitrogens with one attached hydrogen (secondary N) is 1. The van der Waals surface area contributed by atoms with Crippen LogP contribution in [0.25, 0.3) is 22.2 Å². The molecule has 136 valence electrons. The molecular weight excluding hydrogens is 380 g/mol. The number of carbonyl (C=O) groups excluding carboxylic acids is 1. The Hall–Kier alpha value is -2.63. The molecule has 2 aromatic heterocycles. The fourth-order valence-electron chi connectivity index (χ4n) is 2.93. The molecule has 0 unspecified atom stereocenters. The summed E-state index contributed by atoms with van der Waals surface area (Å²) in [5.74, 6) is -0.0454. The van der Waals surface area contributed by atoms with Crippen molar-refractivity contribution in [1.29, 1.82) is 0 Å². The molecule has 2 heterocycles. The Kier molecular flexibility index (Phi) is 4.50. The fraction of sp³-hybridized carbons (Fsp3) is 0.143. The van der Waals surface area contributed by atoms with Crippen LogP contribution in [0.1, 0.15) is 27.2 Å². The molecule has 6 heteroatoms. The molecule has 0 bridgehead atoms. The molecule has 0 aliphatic rings. The number of aryl methyl sites for hydroxylation is 3. The van der Waals surface area contributed by atoms with Gasteiger partial charge < -0.3 is 4.42 Å². The van der Waals surface area contributed by atoms with Gasteiger partial charge in [-0.1, -0.05) is 23.7 Å². The lowest BCUT2D eigenvalue weighted by Crippen LogP contribution is -2.11. The van der Waals surface area contributed by atoms with Gasteiger partial charge in [-0.25, -0.2) is 4.98 Å². The van der Waals surface area contributed by atoms with E-state index in [-0.39, 0.29) is 11.7 Å². The van der Waals surface area contributed by atoms with Crippen molar-refractivity contribution in [3.63, 3.8) is 0 Å². The standard InChI is InChI=1S/C21H17ClN2O2S/c1-11-4-5-14(8-12(11)2)17-10-27-21(23-17)24-20(25)19-13(3)16-9-15(22)6-7-18(16)26-19/h4-10H,1-3H3,(H,23,24,25). The maximum atomic E-state index is 12.7. The summed E-state index contributed by atoms with van der Waals surface area (Å²) >= 11 is 7.43. The number of benzene rings is 2. The number of hydrogen-bond acceptors (Lipinski definition) is 4. The van der Waals surface area contributed by atoms with Gasteiger partial charge in [0.15, 0.2) is 10.9 Å². The van der Waals surface area contributed by atoms with Gasteiger partial charge >= 0.3 is 0 Å². The van der Waals surface area contributed by atoms with Crippen LogP contribution in [-0.4, -0.2) is 10.9 Å². The highest BCUT2D eigenvalue weighted by atomic mass is 35.5. The van der Waals surface area contributed by atoms with Gasteiger partial charge in [0.2, 0.25) is 0 Å². The third-order valence-electron chi connectivity index (χ3n) is 4.63. The van der Waals surface area contributed by atoms with E-state index < -0.39 is 0 Å². The molecule has 27 heavy (non-hydrogen) atoms. The van der Waals surface area contributed by atoms with Crippen molar-refractivity contribution in [3.05, 3.63) is 69.3 Å². The molecule has 0 saturated carbocycles. The molecule has 0 saturated heterocycles. The minimum Gasteiger partial charge on any atom is -0.451 e. The molecular formula is C21H17ClN2O2S. The van der Waals surface area contributed by atoms with E-state index in [0.29, 0.717) is 15.7 Å². The molecule has 0 aliphatic carbocycles. The van der Waals surface area contributed by atoms with Crippen LogP contribution >= 0.6 is 22.9 Å². The van der Waals surface area contributed by atoms with Crippen LogP contribution in [0, 0.1) is 20.8 Å².